The van der Waals surface area contributed by atoms with Gasteiger partial charge in [-0.2, -0.15) is 0 Å². The number of halogens is 1. The minimum absolute atomic E-state index is 0.146. The molecule has 1 fully saturated rings. The highest BCUT2D eigenvalue weighted by atomic mass is 35.5. The van der Waals surface area contributed by atoms with Gasteiger partial charge in [0.1, 0.15) is 5.75 Å². The van der Waals surface area contributed by atoms with Gasteiger partial charge in [0.25, 0.3) is 11.8 Å². The molecule has 3 aromatic rings. The highest BCUT2D eigenvalue weighted by Crippen LogP contribution is 2.30. The lowest BCUT2D eigenvalue weighted by Crippen LogP contribution is -2.61. The van der Waals surface area contributed by atoms with Crippen LogP contribution in [-0.4, -0.2) is 40.4 Å². The molecular weight excluding hydrogens is 450 g/mol. The monoisotopic (exact) mass is 477 g/mol. The van der Waals surface area contributed by atoms with E-state index in [1.165, 1.54) is 0 Å². The summed E-state index contributed by atoms with van der Waals surface area (Å²) in [6.07, 6.45) is 4.39. The minimum atomic E-state index is -1.20. The van der Waals surface area contributed by atoms with Gasteiger partial charge in [0.05, 0.1) is 12.1 Å². The molecule has 34 heavy (non-hydrogen) atoms. The topological polar surface area (TPSA) is 71.5 Å². The lowest BCUT2D eigenvalue weighted by molar-refractivity contribution is -0.141. The lowest BCUT2D eigenvalue weighted by atomic mass is 9.90. The molecular formula is C27H28ClN3O3. The normalized spacial score (nSPS) is 17.8. The summed E-state index contributed by atoms with van der Waals surface area (Å²) in [6.45, 7) is 4.92. The van der Waals surface area contributed by atoms with Crippen molar-refractivity contribution in [2.45, 2.75) is 38.8 Å². The van der Waals surface area contributed by atoms with Crippen molar-refractivity contribution < 1.29 is 14.3 Å². The summed E-state index contributed by atoms with van der Waals surface area (Å²) in [5, 5.41) is 3.65. The number of hydrogen-bond acceptors (Lipinski definition) is 4. The average molecular weight is 478 g/mol. The SMILES string of the molecule is Cc1ccc(OC2(C(=O)NCc3ccc(Cl)cc3)CCCN(C(=O)c3cnccc3C)C2)cc1. The van der Waals surface area contributed by atoms with E-state index < -0.39 is 5.60 Å². The Bertz CT molecular complexity index is 1160. The molecule has 0 bridgehead atoms. The van der Waals surface area contributed by atoms with Crippen molar-refractivity contribution in [3.05, 3.63) is 94.3 Å². The number of likely N-dealkylation sites (tertiary alicyclic amines) is 1. The van der Waals surface area contributed by atoms with E-state index in [-0.39, 0.29) is 18.4 Å². The third kappa shape index (κ3) is 5.39. The van der Waals surface area contributed by atoms with E-state index in [9.17, 15) is 9.59 Å². The number of carbonyl (C=O) groups excluding carboxylic acids is 2. The molecule has 2 aromatic carbocycles. The van der Waals surface area contributed by atoms with Gasteiger partial charge >= 0.3 is 0 Å². The molecule has 0 radical (unpaired) electrons. The van der Waals surface area contributed by atoms with E-state index in [2.05, 4.69) is 10.3 Å². The first-order chi connectivity index (χ1) is 16.4. The summed E-state index contributed by atoms with van der Waals surface area (Å²) in [6, 6.07) is 16.7. The molecule has 2 amide bonds. The summed E-state index contributed by atoms with van der Waals surface area (Å²) >= 11 is 5.98. The molecule has 1 N–H and O–H groups in total. The Kier molecular flexibility index (Phi) is 7.17. The number of ether oxygens (including phenoxy) is 1. The van der Waals surface area contributed by atoms with Crippen LogP contribution in [0, 0.1) is 13.8 Å². The molecule has 176 valence electrons. The number of pyridine rings is 1. The van der Waals surface area contributed by atoms with Gasteiger partial charge in [-0.05, 0) is 68.1 Å². The Balaban J connectivity index is 1.59. The fraction of sp³-hybridized carbons (Fsp3) is 0.296. The van der Waals surface area contributed by atoms with E-state index in [1.54, 1.807) is 29.4 Å². The van der Waals surface area contributed by atoms with Crippen LogP contribution in [0.4, 0.5) is 0 Å². The second-order valence-electron chi connectivity index (χ2n) is 8.74. The van der Waals surface area contributed by atoms with Crippen LogP contribution in [0.25, 0.3) is 0 Å². The molecule has 0 aliphatic carbocycles. The number of hydrogen-bond donors (Lipinski definition) is 1. The van der Waals surface area contributed by atoms with Crippen molar-refractivity contribution in [3.63, 3.8) is 0 Å². The Labute approximate surface area is 204 Å². The molecule has 1 atom stereocenters. The summed E-state index contributed by atoms with van der Waals surface area (Å²) in [5.41, 5.74) is 2.21. The molecule has 0 spiro atoms. The number of rotatable bonds is 6. The maximum absolute atomic E-state index is 13.6. The van der Waals surface area contributed by atoms with E-state index in [0.29, 0.717) is 42.3 Å². The first-order valence-electron chi connectivity index (χ1n) is 11.3. The van der Waals surface area contributed by atoms with Crippen molar-refractivity contribution >= 4 is 23.4 Å². The first kappa shape index (κ1) is 23.8. The molecule has 1 aromatic heterocycles. The van der Waals surface area contributed by atoms with Gasteiger partial charge < -0.3 is 15.0 Å². The highest BCUT2D eigenvalue weighted by Gasteiger charge is 2.46. The standard InChI is InChI=1S/C27H28ClN3O3/c1-19-4-10-23(11-5-19)34-27(26(33)30-16-21-6-8-22(28)9-7-21)13-3-15-31(18-27)25(32)24-17-29-14-12-20(24)2/h4-12,14,17H,3,13,15-16,18H2,1-2H3,(H,30,33). The predicted octanol–water partition coefficient (Wildman–Crippen LogP) is 4.72. The van der Waals surface area contributed by atoms with Gasteiger partial charge in [-0.1, -0.05) is 41.4 Å². The van der Waals surface area contributed by atoms with Crippen molar-refractivity contribution in [2.75, 3.05) is 13.1 Å². The van der Waals surface area contributed by atoms with E-state index in [4.69, 9.17) is 16.3 Å². The van der Waals surface area contributed by atoms with Gasteiger partial charge in [0, 0.05) is 30.5 Å². The number of amides is 2. The molecule has 1 unspecified atom stereocenters. The van der Waals surface area contributed by atoms with Crippen LogP contribution < -0.4 is 10.1 Å². The van der Waals surface area contributed by atoms with Crippen LogP contribution in [0.3, 0.4) is 0 Å². The average Bonchev–Trinajstić information content (AvgIpc) is 2.85. The van der Waals surface area contributed by atoms with Gasteiger partial charge in [-0.3, -0.25) is 14.6 Å². The molecule has 1 aliphatic rings. The Morgan fingerprint density at radius 3 is 2.53 bits per heavy atom. The van der Waals surface area contributed by atoms with Crippen LogP contribution in [-0.2, 0) is 11.3 Å². The van der Waals surface area contributed by atoms with Crippen LogP contribution in [0.1, 0.15) is 39.9 Å². The third-order valence-electron chi connectivity index (χ3n) is 6.13. The second-order valence-corrected chi connectivity index (χ2v) is 9.18. The van der Waals surface area contributed by atoms with Crippen LogP contribution in [0.15, 0.2) is 67.0 Å². The van der Waals surface area contributed by atoms with Crippen LogP contribution in [0.2, 0.25) is 5.02 Å². The van der Waals surface area contributed by atoms with Crippen molar-refractivity contribution in [2.24, 2.45) is 0 Å². The predicted molar refractivity (Wildman–Crippen MR) is 132 cm³/mol. The number of aromatic nitrogens is 1. The van der Waals surface area contributed by atoms with Crippen LogP contribution in [0.5, 0.6) is 5.75 Å². The fourth-order valence-electron chi connectivity index (χ4n) is 4.15. The zero-order chi connectivity index (χ0) is 24.1. The summed E-state index contributed by atoms with van der Waals surface area (Å²) in [5.74, 6) is 0.204. The zero-order valence-electron chi connectivity index (χ0n) is 19.4. The van der Waals surface area contributed by atoms with Crippen molar-refractivity contribution in [1.82, 2.24) is 15.2 Å². The van der Waals surface area contributed by atoms with Gasteiger partial charge in [-0.25, -0.2) is 0 Å². The summed E-state index contributed by atoms with van der Waals surface area (Å²) < 4.78 is 6.37. The lowest BCUT2D eigenvalue weighted by Gasteiger charge is -2.41. The molecule has 1 saturated heterocycles. The number of benzene rings is 2. The third-order valence-corrected chi connectivity index (χ3v) is 6.38. The molecule has 7 heteroatoms. The number of piperidine rings is 1. The molecule has 1 aliphatic heterocycles. The number of carbonyl (C=O) groups is 2. The van der Waals surface area contributed by atoms with E-state index >= 15 is 0 Å². The fourth-order valence-corrected chi connectivity index (χ4v) is 4.27. The summed E-state index contributed by atoms with van der Waals surface area (Å²) in [4.78, 5) is 32.7. The molecule has 4 rings (SSSR count). The first-order valence-corrected chi connectivity index (χ1v) is 11.7. The molecule has 0 saturated carbocycles. The van der Waals surface area contributed by atoms with Crippen LogP contribution >= 0.6 is 11.6 Å². The smallest absolute Gasteiger partial charge is 0.266 e. The Morgan fingerprint density at radius 1 is 1.09 bits per heavy atom. The number of nitrogens with one attached hydrogen (secondary N) is 1. The number of aryl methyl sites for hydroxylation is 2. The van der Waals surface area contributed by atoms with Gasteiger partial charge in [0.2, 0.25) is 5.60 Å². The minimum Gasteiger partial charge on any atom is -0.476 e. The van der Waals surface area contributed by atoms with Crippen molar-refractivity contribution in [3.8, 4) is 5.75 Å². The maximum Gasteiger partial charge on any atom is 0.266 e. The maximum atomic E-state index is 13.6. The second kappa shape index (κ2) is 10.3. The Hall–Kier alpha value is -3.38. The number of nitrogens with zero attached hydrogens (tertiary/aromatic N) is 2. The van der Waals surface area contributed by atoms with E-state index in [1.807, 2.05) is 56.3 Å². The van der Waals surface area contributed by atoms with E-state index in [0.717, 1.165) is 16.7 Å². The van der Waals surface area contributed by atoms with Gasteiger partial charge in [-0.15, -0.1) is 0 Å². The quantitative estimate of drug-likeness (QED) is 0.557. The Morgan fingerprint density at radius 2 is 1.82 bits per heavy atom. The molecule has 2 heterocycles. The largest absolute Gasteiger partial charge is 0.476 e. The van der Waals surface area contributed by atoms with Crippen molar-refractivity contribution in [1.29, 1.82) is 0 Å². The summed E-state index contributed by atoms with van der Waals surface area (Å²) in [7, 11) is 0. The van der Waals surface area contributed by atoms with Gasteiger partial charge in [0.15, 0.2) is 0 Å². The molecule has 6 nitrogen and oxygen atoms in total. The highest BCUT2D eigenvalue weighted by molar-refractivity contribution is 6.30. The zero-order valence-corrected chi connectivity index (χ0v) is 20.1.